The molecule has 146 valence electrons. The van der Waals surface area contributed by atoms with E-state index in [2.05, 4.69) is 15.7 Å². The molecule has 2 aromatic heterocycles. The highest BCUT2D eigenvalue weighted by atomic mass is 19.4. The standard InChI is InChI=1S/C19H17F3N4O2/c20-19(21,22)16-9-13(15-7-4-8-28-15)24-17-10-14(25-26(16)17)18(27)23-11-12-5-2-1-3-6-12/h1-8,10,13,16,24H,9,11H2,(H,23,27)/t13-,16-/m0/s1. The molecular weight excluding hydrogens is 373 g/mol. The van der Waals surface area contributed by atoms with Crippen LogP contribution in [0, 0.1) is 0 Å². The summed E-state index contributed by atoms with van der Waals surface area (Å²) >= 11 is 0. The maximum Gasteiger partial charge on any atom is 0.410 e. The molecule has 0 fully saturated rings. The molecule has 2 N–H and O–H groups in total. The van der Waals surface area contributed by atoms with Gasteiger partial charge in [0.25, 0.3) is 5.91 Å². The molecule has 0 bridgehead atoms. The monoisotopic (exact) mass is 390 g/mol. The van der Waals surface area contributed by atoms with Gasteiger partial charge in [0.2, 0.25) is 0 Å². The number of aromatic nitrogens is 2. The Labute approximate surface area is 158 Å². The number of nitrogens with zero attached hydrogens (tertiary/aromatic N) is 2. The lowest BCUT2D eigenvalue weighted by Gasteiger charge is -2.32. The molecule has 1 aromatic carbocycles. The summed E-state index contributed by atoms with van der Waals surface area (Å²) in [5.74, 6) is -0.0142. The first-order chi connectivity index (χ1) is 13.4. The Morgan fingerprint density at radius 3 is 2.71 bits per heavy atom. The van der Waals surface area contributed by atoms with Gasteiger partial charge >= 0.3 is 6.18 Å². The third-order valence-electron chi connectivity index (χ3n) is 4.61. The maximum atomic E-state index is 13.6. The summed E-state index contributed by atoms with van der Waals surface area (Å²) in [6.45, 7) is 0.257. The van der Waals surface area contributed by atoms with Gasteiger partial charge in [0.05, 0.1) is 12.3 Å². The van der Waals surface area contributed by atoms with E-state index in [0.717, 1.165) is 10.2 Å². The van der Waals surface area contributed by atoms with Crippen LogP contribution in [0.1, 0.15) is 40.3 Å². The Morgan fingerprint density at radius 1 is 1.25 bits per heavy atom. The van der Waals surface area contributed by atoms with E-state index in [9.17, 15) is 18.0 Å². The van der Waals surface area contributed by atoms with E-state index in [1.165, 1.54) is 12.3 Å². The summed E-state index contributed by atoms with van der Waals surface area (Å²) in [6.07, 6.45) is -3.38. The number of carbonyl (C=O) groups excluding carboxylic acids is 1. The van der Waals surface area contributed by atoms with Crippen LogP contribution in [-0.4, -0.2) is 21.9 Å². The zero-order chi connectivity index (χ0) is 19.7. The number of carbonyl (C=O) groups is 1. The summed E-state index contributed by atoms with van der Waals surface area (Å²) < 4.78 is 46.9. The van der Waals surface area contributed by atoms with E-state index < -0.39 is 24.2 Å². The molecule has 1 aliphatic rings. The lowest BCUT2D eigenvalue weighted by Crippen LogP contribution is -2.35. The van der Waals surface area contributed by atoms with Gasteiger partial charge in [0, 0.05) is 19.0 Å². The summed E-state index contributed by atoms with van der Waals surface area (Å²) in [7, 11) is 0. The molecule has 1 aliphatic heterocycles. The van der Waals surface area contributed by atoms with Crippen LogP contribution in [0.15, 0.2) is 59.2 Å². The number of benzene rings is 1. The normalized spacial score (nSPS) is 19.0. The predicted octanol–water partition coefficient (Wildman–Crippen LogP) is 4.07. The molecule has 1 amide bonds. The number of furan rings is 1. The zero-order valence-corrected chi connectivity index (χ0v) is 14.6. The highest BCUT2D eigenvalue weighted by Crippen LogP contribution is 2.43. The second-order valence-corrected chi connectivity index (χ2v) is 6.53. The Balaban J connectivity index is 1.57. The number of amides is 1. The number of halogens is 3. The van der Waals surface area contributed by atoms with Gasteiger partial charge < -0.3 is 15.1 Å². The van der Waals surface area contributed by atoms with Crippen molar-refractivity contribution in [1.29, 1.82) is 0 Å². The summed E-state index contributed by atoms with van der Waals surface area (Å²) in [5, 5.41) is 9.57. The fourth-order valence-corrected chi connectivity index (χ4v) is 3.23. The summed E-state index contributed by atoms with van der Waals surface area (Å²) in [5.41, 5.74) is 0.803. The van der Waals surface area contributed by atoms with E-state index in [1.54, 1.807) is 12.1 Å². The number of fused-ring (bicyclic) bond motifs is 1. The van der Waals surface area contributed by atoms with Crippen molar-refractivity contribution in [3.8, 4) is 0 Å². The van der Waals surface area contributed by atoms with Crippen molar-refractivity contribution in [2.45, 2.75) is 31.2 Å². The first kappa shape index (κ1) is 18.1. The van der Waals surface area contributed by atoms with E-state index in [1.807, 2.05) is 30.3 Å². The zero-order valence-electron chi connectivity index (χ0n) is 14.6. The molecule has 28 heavy (non-hydrogen) atoms. The minimum Gasteiger partial charge on any atom is -0.467 e. The summed E-state index contributed by atoms with van der Waals surface area (Å²) in [6, 6.07) is 11.3. The molecule has 0 unspecified atom stereocenters. The molecule has 0 radical (unpaired) electrons. The molecule has 4 rings (SSSR count). The summed E-state index contributed by atoms with van der Waals surface area (Å²) in [4.78, 5) is 12.4. The fraction of sp³-hybridized carbons (Fsp3) is 0.263. The minimum absolute atomic E-state index is 0.0761. The third kappa shape index (κ3) is 3.60. The van der Waals surface area contributed by atoms with Crippen molar-refractivity contribution in [3.63, 3.8) is 0 Å². The molecule has 9 heteroatoms. The van der Waals surface area contributed by atoms with Crippen LogP contribution < -0.4 is 10.6 Å². The van der Waals surface area contributed by atoms with Gasteiger partial charge in [-0.3, -0.25) is 4.79 Å². The van der Waals surface area contributed by atoms with Gasteiger partial charge in [-0.15, -0.1) is 0 Å². The van der Waals surface area contributed by atoms with Crippen molar-refractivity contribution in [3.05, 3.63) is 71.8 Å². The minimum atomic E-state index is -4.51. The average molecular weight is 390 g/mol. The predicted molar refractivity (Wildman–Crippen MR) is 94.6 cm³/mol. The number of rotatable bonds is 4. The number of hydrogen-bond acceptors (Lipinski definition) is 4. The first-order valence-electron chi connectivity index (χ1n) is 8.70. The molecule has 0 saturated carbocycles. The van der Waals surface area contributed by atoms with E-state index >= 15 is 0 Å². The molecule has 0 aliphatic carbocycles. The van der Waals surface area contributed by atoms with Gasteiger partial charge in [0.15, 0.2) is 11.7 Å². The third-order valence-corrected chi connectivity index (χ3v) is 4.61. The number of nitrogens with one attached hydrogen (secondary N) is 2. The van der Waals surface area contributed by atoms with Gasteiger partial charge in [-0.25, -0.2) is 4.68 Å². The Hall–Kier alpha value is -3.23. The van der Waals surface area contributed by atoms with Crippen LogP contribution in [-0.2, 0) is 6.54 Å². The van der Waals surface area contributed by atoms with E-state index in [-0.39, 0.29) is 24.5 Å². The Bertz CT molecular complexity index is 951. The van der Waals surface area contributed by atoms with Crippen LogP contribution in [0.3, 0.4) is 0 Å². The second-order valence-electron chi connectivity index (χ2n) is 6.53. The number of hydrogen-bond donors (Lipinski definition) is 2. The van der Waals surface area contributed by atoms with Crippen molar-refractivity contribution in [2.24, 2.45) is 0 Å². The SMILES string of the molecule is O=C(NCc1ccccc1)c1cc2n(n1)[C@H](C(F)(F)F)C[C@@H](c1ccco1)N2. The number of anilines is 1. The van der Waals surface area contributed by atoms with Crippen molar-refractivity contribution in [1.82, 2.24) is 15.1 Å². The van der Waals surface area contributed by atoms with Crippen LogP contribution in [0.25, 0.3) is 0 Å². The molecule has 2 atom stereocenters. The van der Waals surface area contributed by atoms with Crippen LogP contribution >= 0.6 is 0 Å². The fourth-order valence-electron chi connectivity index (χ4n) is 3.23. The largest absolute Gasteiger partial charge is 0.467 e. The topological polar surface area (TPSA) is 72.1 Å². The molecule has 6 nitrogen and oxygen atoms in total. The van der Waals surface area contributed by atoms with Crippen molar-refractivity contribution >= 4 is 11.7 Å². The second kappa shape index (κ2) is 7.06. The van der Waals surface area contributed by atoms with Crippen molar-refractivity contribution in [2.75, 3.05) is 5.32 Å². The lowest BCUT2D eigenvalue weighted by atomic mass is 10.0. The molecule has 0 spiro atoms. The maximum absolute atomic E-state index is 13.6. The smallest absolute Gasteiger partial charge is 0.410 e. The van der Waals surface area contributed by atoms with Gasteiger partial charge in [0.1, 0.15) is 11.6 Å². The molecule has 3 heterocycles. The highest BCUT2D eigenvalue weighted by molar-refractivity contribution is 5.93. The number of alkyl halides is 3. The highest BCUT2D eigenvalue weighted by Gasteiger charge is 2.47. The first-order valence-corrected chi connectivity index (χ1v) is 8.70. The van der Waals surface area contributed by atoms with Gasteiger partial charge in [-0.1, -0.05) is 30.3 Å². The van der Waals surface area contributed by atoms with Crippen LogP contribution in [0.4, 0.5) is 19.0 Å². The van der Waals surface area contributed by atoms with Gasteiger partial charge in [-0.2, -0.15) is 18.3 Å². The van der Waals surface area contributed by atoms with Crippen LogP contribution in [0.5, 0.6) is 0 Å². The van der Waals surface area contributed by atoms with Gasteiger partial charge in [-0.05, 0) is 17.7 Å². The molecule has 3 aromatic rings. The van der Waals surface area contributed by atoms with E-state index in [4.69, 9.17) is 4.42 Å². The van der Waals surface area contributed by atoms with Crippen LogP contribution in [0.2, 0.25) is 0 Å². The quantitative estimate of drug-likeness (QED) is 0.705. The Morgan fingerprint density at radius 2 is 2.04 bits per heavy atom. The van der Waals surface area contributed by atoms with E-state index in [0.29, 0.717) is 5.76 Å². The average Bonchev–Trinajstić information content (AvgIpc) is 3.34. The lowest BCUT2D eigenvalue weighted by molar-refractivity contribution is -0.174. The van der Waals surface area contributed by atoms with Crippen molar-refractivity contribution < 1.29 is 22.4 Å². The Kier molecular flexibility index (Phi) is 4.58. The molecular formula is C19H17F3N4O2. The molecule has 0 saturated heterocycles.